The van der Waals surface area contributed by atoms with Crippen molar-refractivity contribution >= 4 is 11.9 Å². The van der Waals surface area contributed by atoms with E-state index in [2.05, 4.69) is 0 Å². The highest BCUT2D eigenvalue weighted by molar-refractivity contribution is 5.94. The highest BCUT2D eigenvalue weighted by Crippen LogP contribution is 2.27. The molecule has 130 valence electrons. The Morgan fingerprint density at radius 1 is 1.21 bits per heavy atom. The second kappa shape index (κ2) is 7.24. The minimum absolute atomic E-state index is 0.0295. The summed E-state index contributed by atoms with van der Waals surface area (Å²) in [5, 5.41) is 9.20. The van der Waals surface area contributed by atoms with Crippen molar-refractivity contribution in [3.63, 3.8) is 0 Å². The van der Waals surface area contributed by atoms with Crippen molar-refractivity contribution in [1.29, 1.82) is 0 Å². The van der Waals surface area contributed by atoms with E-state index in [0.29, 0.717) is 25.1 Å². The first-order valence-electron chi connectivity index (χ1n) is 8.83. The lowest BCUT2D eigenvalue weighted by Crippen LogP contribution is -2.45. The number of hydrogen-bond donors (Lipinski definition) is 1. The lowest BCUT2D eigenvalue weighted by molar-refractivity contribution is -0.145. The fourth-order valence-electron chi connectivity index (χ4n) is 3.78. The number of likely N-dealkylation sites (tertiary alicyclic amines) is 1. The maximum Gasteiger partial charge on any atom is 0.306 e. The van der Waals surface area contributed by atoms with Crippen LogP contribution in [0.15, 0.2) is 24.3 Å². The maximum atomic E-state index is 12.7. The van der Waals surface area contributed by atoms with Gasteiger partial charge in [-0.15, -0.1) is 0 Å². The maximum absolute atomic E-state index is 12.7. The molecule has 1 amide bonds. The van der Waals surface area contributed by atoms with Crippen molar-refractivity contribution < 1.29 is 19.4 Å². The largest absolute Gasteiger partial charge is 0.490 e. The standard InChI is InChI=1S/C19H25NO4/c1-13-12-20(10-9-17(13)19(22)23)18(21)14-5-4-8-16(11-14)24-15-6-2-3-7-15/h4-5,8,11,13,15,17H,2-3,6-7,9-10,12H2,1H3,(H,22,23). The van der Waals surface area contributed by atoms with Gasteiger partial charge in [-0.25, -0.2) is 0 Å². The Bertz CT molecular complexity index is 609. The topological polar surface area (TPSA) is 66.8 Å². The molecule has 1 aliphatic carbocycles. The lowest BCUT2D eigenvalue weighted by Gasteiger charge is -2.35. The van der Waals surface area contributed by atoms with Crippen molar-refractivity contribution in [3.05, 3.63) is 29.8 Å². The number of benzene rings is 1. The molecule has 3 rings (SSSR count). The third-order valence-electron chi connectivity index (χ3n) is 5.20. The molecular formula is C19H25NO4. The van der Waals surface area contributed by atoms with Crippen LogP contribution in [0.3, 0.4) is 0 Å². The van der Waals surface area contributed by atoms with Gasteiger partial charge in [0.15, 0.2) is 0 Å². The number of ether oxygens (including phenoxy) is 1. The van der Waals surface area contributed by atoms with Crippen LogP contribution in [0, 0.1) is 11.8 Å². The summed E-state index contributed by atoms with van der Waals surface area (Å²) in [4.78, 5) is 25.7. The molecule has 24 heavy (non-hydrogen) atoms. The quantitative estimate of drug-likeness (QED) is 0.920. The number of carbonyl (C=O) groups excluding carboxylic acids is 1. The molecular weight excluding hydrogens is 306 g/mol. The molecule has 5 nitrogen and oxygen atoms in total. The average molecular weight is 331 g/mol. The molecule has 1 aromatic rings. The predicted molar refractivity (Wildman–Crippen MR) is 90.1 cm³/mol. The van der Waals surface area contributed by atoms with Gasteiger partial charge in [-0.3, -0.25) is 9.59 Å². The Morgan fingerprint density at radius 3 is 2.62 bits per heavy atom. The number of carbonyl (C=O) groups is 2. The van der Waals surface area contributed by atoms with Gasteiger partial charge >= 0.3 is 5.97 Å². The van der Waals surface area contributed by atoms with Crippen LogP contribution >= 0.6 is 0 Å². The van der Waals surface area contributed by atoms with Crippen LogP contribution in [0.4, 0.5) is 0 Å². The smallest absolute Gasteiger partial charge is 0.306 e. The molecule has 5 heteroatoms. The van der Waals surface area contributed by atoms with E-state index in [1.807, 2.05) is 25.1 Å². The number of hydrogen-bond acceptors (Lipinski definition) is 3. The minimum atomic E-state index is -0.762. The molecule has 0 bridgehead atoms. The molecule has 0 spiro atoms. The van der Waals surface area contributed by atoms with Gasteiger partial charge in [0, 0.05) is 18.7 Å². The van der Waals surface area contributed by atoms with Gasteiger partial charge in [-0.05, 0) is 56.2 Å². The van der Waals surface area contributed by atoms with E-state index < -0.39 is 5.97 Å². The molecule has 2 aliphatic rings. The molecule has 1 aliphatic heterocycles. The summed E-state index contributed by atoms with van der Waals surface area (Å²) < 4.78 is 5.97. The lowest BCUT2D eigenvalue weighted by atomic mass is 9.87. The Hall–Kier alpha value is -2.04. The predicted octanol–water partition coefficient (Wildman–Crippen LogP) is 3.19. The van der Waals surface area contributed by atoms with Crippen LogP contribution in [-0.2, 0) is 4.79 Å². The summed E-state index contributed by atoms with van der Waals surface area (Å²) in [5.41, 5.74) is 0.617. The van der Waals surface area contributed by atoms with E-state index in [9.17, 15) is 14.7 Å². The number of carboxylic acids is 1. The summed E-state index contributed by atoms with van der Waals surface area (Å²) in [5.74, 6) is -0.436. The van der Waals surface area contributed by atoms with E-state index in [0.717, 1.165) is 18.6 Å². The zero-order valence-electron chi connectivity index (χ0n) is 14.1. The van der Waals surface area contributed by atoms with Crippen molar-refractivity contribution in [2.75, 3.05) is 13.1 Å². The van der Waals surface area contributed by atoms with Crippen LogP contribution in [0.5, 0.6) is 5.75 Å². The van der Waals surface area contributed by atoms with E-state index in [4.69, 9.17) is 4.74 Å². The number of rotatable bonds is 4. The summed E-state index contributed by atoms with van der Waals surface area (Å²) in [6.07, 6.45) is 5.36. The van der Waals surface area contributed by atoms with Gasteiger partial charge < -0.3 is 14.7 Å². The fourth-order valence-corrected chi connectivity index (χ4v) is 3.78. The van der Waals surface area contributed by atoms with Crippen LogP contribution in [-0.4, -0.2) is 41.1 Å². The third-order valence-corrected chi connectivity index (χ3v) is 5.20. The molecule has 1 saturated heterocycles. The van der Waals surface area contributed by atoms with E-state index in [1.165, 1.54) is 12.8 Å². The molecule has 2 atom stereocenters. The zero-order chi connectivity index (χ0) is 17.1. The molecule has 2 unspecified atom stereocenters. The normalized spacial score (nSPS) is 24.8. The van der Waals surface area contributed by atoms with Crippen molar-refractivity contribution in [3.8, 4) is 5.75 Å². The van der Waals surface area contributed by atoms with Crippen LogP contribution in [0.1, 0.15) is 49.4 Å². The van der Waals surface area contributed by atoms with Gasteiger partial charge in [0.2, 0.25) is 0 Å². The molecule has 1 saturated carbocycles. The minimum Gasteiger partial charge on any atom is -0.490 e. The number of amides is 1. The van der Waals surface area contributed by atoms with Crippen LogP contribution in [0.2, 0.25) is 0 Å². The van der Waals surface area contributed by atoms with Gasteiger partial charge in [-0.2, -0.15) is 0 Å². The van der Waals surface area contributed by atoms with Gasteiger partial charge in [0.1, 0.15) is 5.75 Å². The Balaban J connectivity index is 1.65. The monoisotopic (exact) mass is 331 g/mol. The second-order valence-electron chi connectivity index (χ2n) is 7.01. The second-order valence-corrected chi connectivity index (χ2v) is 7.01. The van der Waals surface area contributed by atoms with E-state index in [-0.39, 0.29) is 23.8 Å². The van der Waals surface area contributed by atoms with Crippen molar-refractivity contribution in [1.82, 2.24) is 4.90 Å². The Kier molecular flexibility index (Phi) is 5.07. The van der Waals surface area contributed by atoms with Gasteiger partial charge in [0.25, 0.3) is 5.91 Å². The SMILES string of the molecule is CC1CN(C(=O)c2cccc(OC3CCCC3)c2)CCC1C(=O)O. The Morgan fingerprint density at radius 2 is 1.96 bits per heavy atom. The Labute approximate surface area is 142 Å². The first kappa shape index (κ1) is 16.8. The van der Waals surface area contributed by atoms with Gasteiger partial charge in [0.05, 0.1) is 12.0 Å². The number of nitrogens with zero attached hydrogens (tertiary/aromatic N) is 1. The number of aliphatic carboxylic acids is 1. The molecule has 1 heterocycles. The number of carboxylic acid groups (broad SMARTS) is 1. The third kappa shape index (κ3) is 3.71. The average Bonchev–Trinajstić information content (AvgIpc) is 3.07. The fraction of sp³-hybridized carbons (Fsp3) is 0.579. The zero-order valence-corrected chi connectivity index (χ0v) is 14.1. The number of piperidine rings is 1. The first-order chi connectivity index (χ1) is 11.5. The summed E-state index contributed by atoms with van der Waals surface area (Å²) >= 11 is 0. The molecule has 0 radical (unpaired) electrons. The van der Waals surface area contributed by atoms with Crippen LogP contribution < -0.4 is 4.74 Å². The molecule has 0 aromatic heterocycles. The molecule has 1 N–H and O–H groups in total. The highest BCUT2D eigenvalue weighted by atomic mass is 16.5. The summed E-state index contributed by atoms with van der Waals surface area (Å²) in [6.45, 7) is 2.88. The molecule has 2 fully saturated rings. The summed E-state index contributed by atoms with van der Waals surface area (Å²) in [6, 6.07) is 7.37. The molecule has 1 aromatic carbocycles. The van der Waals surface area contributed by atoms with Crippen LogP contribution in [0.25, 0.3) is 0 Å². The highest BCUT2D eigenvalue weighted by Gasteiger charge is 2.33. The van der Waals surface area contributed by atoms with Crippen molar-refractivity contribution in [2.24, 2.45) is 11.8 Å². The summed E-state index contributed by atoms with van der Waals surface area (Å²) in [7, 11) is 0. The van der Waals surface area contributed by atoms with E-state index in [1.54, 1.807) is 11.0 Å². The van der Waals surface area contributed by atoms with Crippen molar-refractivity contribution in [2.45, 2.75) is 45.1 Å². The van der Waals surface area contributed by atoms with Gasteiger partial charge in [-0.1, -0.05) is 13.0 Å². The van der Waals surface area contributed by atoms with E-state index >= 15 is 0 Å². The first-order valence-corrected chi connectivity index (χ1v) is 8.83.